The van der Waals surface area contributed by atoms with Gasteiger partial charge < -0.3 is 10.1 Å². The zero-order valence-corrected chi connectivity index (χ0v) is 11.1. The number of nitrogens with one attached hydrogen (secondary N) is 1. The zero-order chi connectivity index (χ0) is 13.3. The van der Waals surface area contributed by atoms with Crippen LogP contribution in [0.4, 0.5) is 5.69 Å². The topological polar surface area (TPSA) is 72.5 Å². The molecule has 1 amide bonds. The van der Waals surface area contributed by atoms with E-state index in [0.29, 0.717) is 11.4 Å². The van der Waals surface area contributed by atoms with E-state index in [0.717, 1.165) is 0 Å². The van der Waals surface area contributed by atoms with Crippen LogP contribution in [0.3, 0.4) is 0 Å². The fourth-order valence-electron chi connectivity index (χ4n) is 1.57. The second kappa shape index (κ2) is 4.89. The lowest BCUT2D eigenvalue weighted by Crippen LogP contribution is -2.34. The first-order valence-electron chi connectivity index (χ1n) is 5.28. The van der Waals surface area contributed by atoms with Crippen LogP contribution in [-0.2, 0) is 9.59 Å². The maximum absolute atomic E-state index is 11.7. The van der Waals surface area contributed by atoms with Gasteiger partial charge in [0.1, 0.15) is 5.75 Å². The summed E-state index contributed by atoms with van der Waals surface area (Å²) in [6, 6.07) is 4.52. The van der Waals surface area contributed by atoms with Crippen LogP contribution in [0.15, 0.2) is 18.2 Å². The highest BCUT2D eigenvalue weighted by molar-refractivity contribution is 9.09. The van der Waals surface area contributed by atoms with Crippen LogP contribution in [0.25, 0.3) is 0 Å². The average Bonchev–Trinajstić information content (AvgIpc) is 2.37. The number of ether oxygens (including phenoxy) is 1. The Morgan fingerprint density at radius 3 is 2.83 bits per heavy atom. The first kappa shape index (κ1) is 12.8. The summed E-state index contributed by atoms with van der Waals surface area (Å²) in [6.07, 6.45) is -0.566. The maximum Gasteiger partial charge on any atom is 0.265 e. The lowest BCUT2D eigenvalue weighted by atomic mass is 10.1. The second-order valence-corrected chi connectivity index (χ2v) is 4.41. The summed E-state index contributed by atoms with van der Waals surface area (Å²) in [4.78, 5) is 34.4. The molecule has 18 heavy (non-hydrogen) atoms. The summed E-state index contributed by atoms with van der Waals surface area (Å²) >= 11 is 2.94. The first-order valence-corrected chi connectivity index (χ1v) is 6.40. The molecule has 0 saturated heterocycles. The van der Waals surface area contributed by atoms with Crippen molar-refractivity contribution in [2.24, 2.45) is 0 Å². The van der Waals surface area contributed by atoms with Gasteiger partial charge in [0.2, 0.25) is 11.6 Å². The van der Waals surface area contributed by atoms with Gasteiger partial charge in [-0.1, -0.05) is 15.9 Å². The monoisotopic (exact) mass is 311 g/mol. The number of ketones is 2. The van der Waals surface area contributed by atoms with E-state index < -0.39 is 17.7 Å². The Kier molecular flexibility index (Phi) is 3.47. The van der Waals surface area contributed by atoms with Gasteiger partial charge in [0.05, 0.1) is 11.0 Å². The summed E-state index contributed by atoms with van der Waals surface area (Å²) in [5.41, 5.74) is 0.642. The van der Waals surface area contributed by atoms with Gasteiger partial charge >= 0.3 is 0 Å². The number of anilines is 1. The number of carbonyl (C=O) groups excluding carboxylic acids is 3. The number of amides is 1. The lowest BCUT2D eigenvalue weighted by molar-refractivity contribution is -0.122. The van der Waals surface area contributed by atoms with Crippen molar-refractivity contribution in [2.45, 2.75) is 13.0 Å². The summed E-state index contributed by atoms with van der Waals surface area (Å²) < 4.78 is 5.35. The molecule has 6 heteroatoms. The van der Waals surface area contributed by atoms with Crippen LogP contribution in [0.5, 0.6) is 5.75 Å². The Balaban J connectivity index is 2.33. The van der Waals surface area contributed by atoms with E-state index in [1.165, 1.54) is 12.1 Å². The Labute approximate surface area is 112 Å². The van der Waals surface area contributed by atoms with Gasteiger partial charge in [0.15, 0.2) is 6.10 Å². The minimum absolute atomic E-state index is 0.0250. The fraction of sp³-hybridized carbons (Fsp3) is 0.250. The number of Topliss-reactive ketones (excluding diaryl/α,β-unsaturated/α-hetero) is 2. The highest BCUT2D eigenvalue weighted by Gasteiger charge is 2.25. The van der Waals surface area contributed by atoms with E-state index >= 15 is 0 Å². The maximum atomic E-state index is 11.7. The molecule has 94 valence electrons. The van der Waals surface area contributed by atoms with E-state index in [2.05, 4.69) is 21.2 Å². The Hall–Kier alpha value is -1.69. The van der Waals surface area contributed by atoms with Gasteiger partial charge in [-0.05, 0) is 25.1 Å². The normalized spacial score (nSPS) is 17.4. The van der Waals surface area contributed by atoms with Gasteiger partial charge in [0, 0.05) is 5.56 Å². The van der Waals surface area contributed by atoms with Crippen molar-refractivity contribution >= 4 is 39.1 Å². The minimum atomic E-state index is -0.595. The Morgan fingerprint density at radius 2 is 2.17 bits per heavy atom. The summed E-state index contributed by atoms with van der Waals surface area (Å²) in [5, 5.41) is 2.60. The smallest absolute Gasteiger partial charge is 0.265 e. The predicted molar refractivity (Wildman–Crippen MR) is 68.3 cm³/mol. The zero-order valence-electron chi connectivity index (χ0n) is 9.53. The van der Waals surface area contributed by atoms with E-state index in [1.807, 2.05) is 0 Å². The number of benzene rings is 1. The molecule has 1 aromatic rings. The van der Waals surface area contributed by atoms with Gasteiger partial charge in [-0.25, -0.2) is 0 Å². The molecule has 0 bridgehead atoms. The number of hydrogen-bond acceptors (Lipinski definition) is 4. The molecule has 1 aromatic carbocycles. The highest BCUT2D eigenvalue weighted by atomic mass is 79.9. The quantitative estimate of drug-likeness (QED) is 0.522. The van der Waals surface area contributed by atoms with E-state index in [-0.39, 0.29) is 16.8 Å². The average molecular weight is 312 g/mol. The van der Waals surface area contributed by atoms with Crippen molar-refractivity contribution in [2.75, 3.05) is 10.6 Å². The predicted octanol–water partition coefficient (Wildman–Crippen LogP) is 1.55. The largest absolute Gasteiger partial charge is 0.479 e. The van der Waals surface area contributed by atoms with Crippen LogP contribution in [0, 0.1) is 0 Å². The molecule has 0 aromatic heterocycles. The molecule has 0 spiro atoms. The molecule has 1 heterocycles. The SMILES string of the molecule is CC1Oc2ccc(C(=O)C(=O)CBr)cc2NC1=O. The molecule has 5 nitrogen and oxygen atoms in total. The fourth-order valence-corrected chi connectivity index (χ4v) is 1.83. The number of fused-ring (bicyclic) bond motifs is 1. The third-order valence-electron chi connectivity index (χ3n) is 2.55. The van der Waals surface area contributed by atoms with Crippen LogP contribution in [0.2, 0.25) is 0 Å². The number of halogens is 1. The lowest BCUT2D eigenvalue weighted by Gasteiger charge is -2.23. The van der Waals surface area contributed by atoms with Crippen molar-refractivity contribution in [1.29, 1.82) is 0 Å². The van der Waals surface area contributed by atoms with E-state index in [4.69, 9.17) is 4.74 Å². The molecule has 1 atom stereocenters. The minimum Gasteiger partial charge on any atom is -0.479 e. The van der Waals surface area contributed by atoms with Crippen molar-refractivity contribution in [3.8, 4) is 5.75 Å². The van der Waals surface area contributed by atoms with Crippen molar-refractivity contribution in [3.63, 3.8) is 0 Å². The van der Waals surface area contributed by atoms with Gasteiger partial charge in [-0.3, -0.25) is 14.4 Å². The standard InChI is InChI=1S/C12H10BrNO4/c1-6-12(17)14-8-4-7(2-3-10(8)18-6)11(16)9(15)5-13/h2-4,6H,5H2,1H3,(H,14,17). The van der Waals surface area contributed by atoms with Crippen LogP contribution in [0.1, 0.15) is 17.3 Å². The Morgan fingerprint density at radius 1 is 1.44 bits per heavy atom. The van der Waals surface area contributed by atoms with Gasteiger partial charge in [-0.2, -0.15) is 0 Å². The van der Waals surface area contributed by atoms with Gasteiger partial charge in [-0.15, -0.1) is 0 Å². The number of hydrogen-bond donors (Lipinski definition) is 1. The first-order chi connectivity index (χ1) is 8.52. The third-order valence-corrected chi connectivity index (χ3v) is 3.06. The molecule has 0 saturated carbocycles. The second-order valence-electron chi connectivity index (χ2n) is 3.85. The molecule has 1 N–H and O–H groups in total. The van der Waals surface area contributed by atoms with E-state index in [1.54, 1.807) is 13.0 Å². The molecule has 0 radical (unpaired) electrons. The molecule has 1 aliphatic heterocycles. The molecule has 1 unspecified atom stereocenters. The van der Waals surface area contributed by atoms with E-state index in [9.17, 15) is 14.4 Å². The summed E-state index contributed by atoms with van der Waals surface area (Å²) in [6.45, 7) is 1.63. The van der Waals surface area contributed by atoms with Crippen LogP contribution >= 0.6 is 15.9 Å². The van der Waals surface area contributed by atoms with Gasteiger partial charge in [0.25, 0.3) is 5.91 Å². The summed E-state index contributed by atoms with van der Waals surface area (Å²) in [7, 11) is 0. The van der Waals surface area contributed by atoms with Crippen molar-refractivity contribution in [3.05, 3.63) is 23.8 Å². The molecular weight excluding hydrogens is 302 g/mol. The summed E-state index contributed by atoms with van der Waals surface area (Å²) in [5.74, 6) is -0.919. The third kappa shape index (κ3) is 2.28. The van der Waals surface area contributed by atoms with Crippen LogP contribution in [-0.4, -0.2) is 28.9 Å². The number of rotatable bonds is 3. The molecule has 2 rings (SSSR count). The number of alkyl halides is 1. The Bertz CT molecular complexity index is 541. The molecular formula is C12H10BrNO4. The molecule has 1 aliphatic rings. The van der Waals surface area contributed by atoms with Crippen molar-refractivity contribution < 1.29 is 19.1 Å². The molecule has 0 aliphatic carbocycles. The molecule has 0 fully saturated rings. The highest BCUT2D eigenvalue weighted by Crippen LogP contribution is 2.30. The van der Waals surface area contributed by atoms with Crippen molar-refractivity contribution in [1.82, 2.24) is 0 Å². The van der Waals surface area contributed by atoms with Crippen LogP contribution < -0.4 is 10.1 Å². The number of carbonyl (C=O) groups is 3.